The summed E-state index contributed by atoms with van der Waals surface area (Å²) in [5.41, 5.74) is 1.28. The second kappa shape index (κ2) is 7.39. The van der Waals surface area contributed by atoms with Crippen LogP contribution >= 0.6 is 31.9 Å². The van der Waals surface area contributed by atoms with Crippen molar-refractivity contribution < 1.29 is 0 Å². The zero-order chi connectivity index (χ0) is 11.1. The molecule has 0 fully saturated rings. The van der Waals surface area contributed by atoms with E-state index < -0.39 is 0 Å². The lowest BCUT2D eigenvalue weighted by Crippen LogP contribution is -2.26. The van der Waals surface area contributed by atoms with Gasteiger partial charge in [0.25, 0.3) is 0 Å². The second-order valence-electron chi connectivity index (χ2n) is 3.27. The number of rotatable bonds is 6. The normalized spacial score (nSPS) is 10.6. The quantitative estimate of drug-likeness (QED) is 0.781. The topological polar surface area (TPSA) is 24.1 Å². The Bertz CT molecular complexity index is 303. The molecule has 0 aliphatic rings. The molecule has 0 amide bonds. The maximum absolute atomic E-state index is 3.54. The van der Waals surface area contributed by atoms with Gasteiger partial charge in [0.15, 0.2) is 0 Å². The van der Waals surface area contributed by atoms with Crippen LogP contribution in [0.1, 0.15) is 12.5 Å². The molecule has 1 aromatic rings. The van der Waals surface area contributed by atoms with Crippen molar-refractivity contribution in [1.29, 1.82) is 0 Å². The van der Waals surface area contributed by atoms with Gasteiger partial charge in [-0.05, 0) is 30.3 Å². The van der Waals surface area contributed by atoms with E-state index in [-0.39, 0.29) is 0 Å². The Morgan fingerprint density at radius 1 is 1.13 bits per heavy atom. The van der Waals surface area contributed by atoms with Gasteiger partial charge in [-0.2, -0.15) is 0 Å². The van der Waals surface area contributed by atoms with Crippen LogP contribution in [-0.2, 0) is 6.54 Å². The lowest BCUT2D eigenvalue weighted by Gasteiger charge is -2.07. The van der Waals surface area contributed by atoms with Crippen LogP contribution in [0.3, 0.4) is 0 Å². The van der Waals surface area contributed by atoms with Crippen LogP contribution in [0.2, 0.25) is 0 Å². The summed E-state index contributed by atoms with van der Waals surface area (Å²) in [7, 11) is 0. The van der Waals surface area contributed by atoms with Gasteiger partial charge in [-0.3, -0.25) is 0 Å². The Balaban J connectivity index is 2.33. The van der Waals surface area contributed by atoms with Gasteiger partial charge < -0.3 is 10.6 Å². The van der Waals surface area contributed by atoms with E-state index in [0.29, 0.717) is 0 Å². The molecule has 0 aliphatic carbocycles. The fraction of sp³-hybridized carbons (Fsp3) is 0.455. The lowest BCUT2D eigenvalue weighted by atomic mass is 10.2. The summed E-state index contributed by atoms with van der Waals surface area (Å²) in [5, 5.41) is 6.67. The highest BCUT2D eigenvalue weighted by molar-refractivity contribution is 9.11. The van der Waals surface area contributed by atoms with Crippen LogP contribution in [0.25, 0.3) is 0 Å². The number of halogens is 2. The molecule has 0 spiro atoms. The summed E-state index contributed by atoms with van der Waals surface area (Å²) in [4.78, 5) is 0. The molecule has 4 heteroatoms. The van der Waals surface area contributed by atoms with Crippen LogP contribution in [0.15, 0.2) is 27.1 Å². The molecule has 0 bridgehead atoms. The van der Waals surface area contributed by atoms with Gasteiger partial charge in [-0.25, -0.2) is 0 Å². The first-order chi connectivity index (χ1) is 7.24. The summed E-state index contributed by atoms with van der Waals surface area (Å²) in [6.45, 7) is 6.05. The molecule has 0 saturated carbocycles. The van der Waals surface area contributed by atoms with Gasteiger partial charge in [0.1, 0.15) is 0 Å². The smallest absolute Gasteiger partial charge is 0.0221 e. The molecule has 0 unspecified atom stereocenters. The first-order valence-electron chi connectivity index (χ1n) is 5.09. The molecule has 2 N–H and O–H groups in total. The molecule has 0 aromatic heterocycles. The minimum atomic E-state index is 0.894. The van der Waals surface area contributed by atoms with Crippen molar-refractivity contribution in [2.45, 2.75) is 13.5 Å². The highest BCUT2D eigenvalue weighted by Gasteiger charge is 1.99. The largest absolute Gasteiger partial charge is 0.316 e. The fourth-order valence-corrected chi connectivity index (χ4v) is 2.05. The Labute approximate surface area is 108 Å². The van der Waals surface area contributed by atoms with Crippen molar-refractivity contribution in [3.63, 3.8) is 0 Å². The van der Waals surface area contributed by atoms with Crippen molar-refractivity contribution in [3.8, 4) is 0 Å². The highest BCUT2D eigenvalue weighted by Crippen LogP contribution is 2.21. The van der Waals surface area contributed by atoms with E-state index in [2.05, 4.69) is 61.5 Å². The summed E-state index contributed by atoms with van der Waals surface area (Å²) in [6, 6.07) is 6.22. The fourth-order valence-electron chi connectivity index (χ4n) is 1.26. The SMILES string of the molecule is CCNCCNCc1cc(Br)ccc1Br. The molecule has 0 saturated heterocycles. The third kappa shape index (κ3) is 5.11. The highest BCUT2D eigenvalue weighted by atomic mass is 79.9. The zero-order valence-electron chi connectivity index (χ0n) is 8.82. The number of hydrogen-bond donors (Lipinski definition) is 2. The minimum Gasteiger partial charge on any atom is -0.316 e. The number of nitrogens with one attached hydrogen (secondary N) is 2. The van der Waals surface area contributed by atoms with Crippen LogP contribution in [-0.4, -0.2) is 19.6 Å². The zero-order valence-corrected chi connectivity index (χ0v) is 12.0. The van der Waals surface area contributed by atoms with Crippen molar-refractivity contribution in [3.05, 3.63) is 32.7 Å². The summed E-state index contributed by atoms with van der Waals surface area (Å²) < 4.78 is 2.27. The predicted molar refractivity (Wildman–Crippen MR) is 72.1 cm³/mol. The summed E-state index contributed by atoms with van der Waals surface area (Å²) >= 11 is 7.01. The molecule has 84 valence electrons. The van der Waals surface area contributed by atoms with E-state index in [1.165, 1.54) is 5.56 Å². The van der Waals surface area contributed by atoms with E-state index in [1.54, 1.807) is 0 Å². The Morgan fingerprint density at radius 2 is 1.87 bits per heavy atom. The number of likely N-dealkylation sites (N-methyl/N-ethyl adjacent to an activating group) is 1. The van der Waals surface area contributed by atoms with E-state index in [9.17, 15) is 0 Å². The Morgan fingerprint density at radius 3 is 2.60 bits per heavy atom. The van der Waals surface area contributed by atoms with E-state index >= 15 is 0 Å². The van der Waals surface area contributed by atoms with Gasteiger partial charge in [0.05, 0.1) is 0 Å². The monoisotopic (exact) mass is 334 g/mol. The molecule has 0 atom stereocenters. The lowest BCUT2D eigenvalue weighted by molar-refractivity contribution is 0.624. The van der Waals surface area contributed by atoms with Crippen molar-refractivity contribution in [2.24, 2.45) is 0 Å². The summed E-state index contributed by atoms with van der Waals surface area (Å²) in [5.74, 6) is 0. The maximum Gasteiger partial charge on any atom is 0.0221 e. The molecule has 0 heterocycles. The van der Waals surface area contributed by atoms with Crippen molar-refractivity contribution >= 4 is 31.9 Å². The summed E-state index contributed by atoms with van der Waals surface area (Å²) in [6.07, 6.45) is 0. The predicted octanol–water partition coefficient (Wildman–Crippen LogP) is 2.91. The van der Waals surface area contributed by atoms with Gasteiger partial charge in [0.2, 0.25) is 0 Å². The van der Waals surface area contributed by atoms with Gasteiger partial charge in [-0.15, -0.1) is 0 Å². The van der Waals surface area contributed by atoms with Gasteiger partial charge in [-0.1, -0.05) is 38.8 Å². The van der Waals surface area contributed by atoms with Crippen molar-refractivity contribution in [2.75, 3.05) is 19.6 Å². The first-order valence-corrected chi connectivity index (χ1v) is 6.68. The number of hydrogen-bond acceptors (Lipinski definition) is 2. The molecule has 0 radical (unpaired) electrons. The van der Waals surface area contributed by atoms with Crippen LogP contribution in [0.4, 0.5) is 0 Å². The number of benzene rings is 1. The van der Waals surface area contributed by atoms with Gasteiger partial charge >= 0.3 is 0 Å². The van der Waals surface area contributed by atoms with Crippen LogP contribution in [0.5, 0.6) is 0 Å². The first kappa shape index (κ1) is 13.2. The molecular formula is C11H16Br2N2. The molecule has 0 aliphatic heterocycles. The third-order valence-corrected chi connectivity index (χ3v) is 3.32. The van der Waals surface area contributed by atoms with Crippen molar-refractivity contribution in [1.82, 2.24) is 10.6 Å². The van der Waals surface area contributed by atoms with E-state index in [0.717, 1.165) is 35.1 Å². The Kier molecular flexibility index (Phi) is 6.48. The molecule has 1 rings (SSSR count). The van der Waals surface area contributed by atoms with Crippen LogP contribution < -0.4 is 10.6 Å². The second-order valence-corrected chi connectivity index (χ2v) is 5.04. The average molecular weight is 336 g/mol. The minimum absolute atomic E-state index is 0.894. The third-order valence-electron chi connectivity index (χ3n) is 2.05. The molecule has 1 aromatic carbocycles. The van der Waals surface area contributed by atoms with Gasteiger partial charge in [0, 0.05) is 28.6 Å². The molecular weight excluding hydrogens is 320 g/mol. The maximum atomic E-state index is 3.54. The standard InChI is InChI=1S/C11H16Br2N2/c1-2-14-5-6-15-8-9-7-10(12)3-4-11(9)13/h3-4,7,14-15H,2,5-6,8H2,1H3. The van der Waals surface area contributed by atoms with Crippen LogP contribution in [0, 0.1) is 0 Å². The Hall–Kier alpha value is 0.1000. The molecule has 15 heavy (non-hydrogen) atoms. The van der Waals surface area contributed by atoms with E-state index in [4.69, 9.17) is 0 Å². The molecule has 2 nitrogen and oxygen atoms in total. The average Bonchev–Trinajstić information content (AvgIpc) is 2.23. The van der Waals surface area contributed by atoms with E-state index in [1.807, 2.05) is 6.07 Å².